The maximum atomic E-state index is 12.8. The van der Waals surface area contributed by atoms with Crippen LogP contribution in [0.2, 0.25) is 0 Å². The molecular weight excluding hydrogens is 396 g/mol. The molecule has 2 aromatic heterocycles. The molecule has 8 nitrogen and oxygen atoms in total. The summed E-state index contributed by atoms with van der Waals surface area (Å²) in [5.41, 5.74) is 0.275. The van der Waals surface area contributed by atoms with Crippen molar-refractivity contribution in [3.8, 4) is 0 Å². The number of anilines is 1. The number of hydrogen-bond acceptors (Lipinski definition) is 7. The number of hydrogen-bond donors (Lipinski definition) is 1. The van der Waals surface area contributed by atoms with Crippen LogP contribution in [0, 0.1) is 13.8 Å². The van der Waals surface area contributed by atoms with Crippen molar-refractivity contribution in [2.45, 2.75) is 33.2 Å². The Morgan fingerprint density at radius 1 is 1.18 bits per heavy atom. The second-order valence-corrected chi connectivity index (χ2v) is 6.89. The first kappa shape index (κ1) is 21.5. The molecule has 0 aliphatic rings. The number of esters is 2. The van der Waals surface area contributed by atoms with E-state index in [0.717, 1.165) is 16.0 Å². The first-order valence-electron chi connectivity index (χ1n) is 8.07. The molecule has 1 unspecified atom stereocenters. The number of nitrogens with one attached hydrogen (secondary N) is 1. The van der Waals surface area contributed by atoms with Gasteiger partial charge in [-0.15, -0.1) is 11.3 Å². The summed E-state index contributed by atoms with van der Waals surface area (Å²) in [7, 11) is 2.37. The molecule has 0 radical (unpaired) electrons. The van der Waals surface area contributed by atoms with Crippen molar-refractivity contribution in [1.29, 1.82) is 0 Å². The van der Waals surface area contributed by atoms with Crippen LogP contribution in [0.25, 0.3) is 0 Å². The first-order valence-corrected chi connectivity index (χ1v) is 8.89. The average Bonchev–Trinajstić information content (AvgIpc) is 3.20. The van der Waals surface area contributed by atoms with E-state index in [9.17, 15) is 23.2 Å². The summed E-state index contributed by atoms with van der Waals surface area (Å²) in [4.78, 5) is 36.8. The minimum absolute atomic E-state index is 0.0268. The molecule has 2 rings (SSSR count). The summed E-state index contributed by atoms with van der Waals surface area (Å²) in [6.07, 6.45) is -2.76. The molecular formula is C17H19F2N3O5S. The Morgan fingerprint density at radius 3 is 2.29 bits per heavy atom. The van der Waals surface area contributed by atoms with Crippen LogP contribution in [-0.2, 0) is 14.3 Å². The summed E-state index contributed by atoms with van der Waals surface area (Å²) >= 11 is 0.861. The Balaban J connectivity index is 2.37. The molecule has 0 aromatic carbocycles. The first-order chi connectivity index (χ1) is 13.1. The molecule has 1 N–H and O–H groups in total. The van der Waals surface area contributed by atoms with Crippen LogP contribution in [0.4, 0.5) is 13.8 Å². The molecule has 1 atom stereocenters. The number of halogens is 2. The zero-order valence-electron chi connectivity index (χ0n) is 15.8. The lowest BCUT2D eigenvalue weighted by Gasteiger charge is -2.14. The lowest BCUT2D eigenvalue weighted by molar-refractivity contribution is -0.119. The van der Waals surface area contributed by atoms with Crippen LogP contribution in [0.1, 0.15) is 56.4 Å². The zero-order valence-corrected chi connectivity index (χ0v) is 16.6. The van der Waals surface area contributed by atoms with Gasteiger partial charge in [0, 0.05) is 5.69 Å². The Hall–Kier alpha value is -2.82. The van der Waals surface area contributed by atoms with Crippen molar-refractivity contribution in [3.05, 3.63) is 33.5 Å². The van der Waals surface area contributed by atoms with Gasteiger partial charge in [-0.3, -0.25) is 9.48 Å². The largest absolute Gasteiger partial charge is 0.465 e. The van der Waals surface area contributed by atoms with Crippen LogP contribution >= 0.6 is 11.3 Å². The van der Waals surface area contributed by atoms with Crippen molar-refractivity contribution in [1.82, 2.24) is 9.78 Å². The highest BCUT2D eigenvalue weighted by Crippen LogP contribution is 2.34. The minimum atomic E-state index is -2.76. The number of ether oxygens (including phenoxy) is 2. The van der Waals surface area contributed by atoms with E-state index in [2.05, 4.69) is 15.2 Å². The monoisotopic (exact) mass is 415 g/mol. The molecule has 28 heavy (non-hydrogen) atoms. The van der Waals surface area contributed by atoms with Gasteiger partial charge in [-0.05, 0) is 32.4 Å². The number of rotatable bonds is 6. The second-order valence-electron chi connectivity index (χ2n) is 5.86. The molecule has 2 heterocycles. The molecule has 0 saturated carbocycles. The summed E-state index contributed by atoms with van der Waals surface area (Å²) in [5.74, 6) is -2.00. The quantitative estimate of drug-likeness (QED) is 0.727. The van der Waals surface area contributed by atoms with Gasteiger partial charge in [0.05, 0.1) is 19.8 Å². The highest BCUT2D eigenvalue weighted by atomic mass is 32.1. The fraction of sp³-hybridized carbons (Fsp3) is 0.412. The van der Waals surface area contributed by atoms with E-state index in [0.29, 0.717) is 11.3 Å². The number of aromatic nitrogens is 2. The third-order valence-electron chi connectivity index (χ3n) is 4.06. The molecule has 0 spiro atoms. The molecule has 0 aliphatic heterocycles. The van der Waals surface area contributed by atoms with E-state index in [4.69, 9.17) is 4.74 Å². The van der Waals surface area contributed by atoms with Crippen molar-refractivity contribution < 1.29 is 32.6 Å². The Labute approximate surface area is 163 Å². The molecule has 11 heteroatoms. The van der Waals surface area contributed by atoms with Gasteiger partial charge in [0.25, 0.3) is 6.43 Å². The smallest absolute Gasteiger partial charge is 0.348 e. The van der Waals surface area contributed by atoms with Gasteiger partial charge < -0.3 is 14.8 Å². The van der Waals surface area contributed by atoms with E-state index in [-0.39, 0.29) is 15.4 Å². The summed E-state index contributed by atoms with van der Waals surface area (Å²) < 4.78 is 36.2. The number of carbonyl (C=O) groups excluding carboxylic acids is 3. The number of alkyl halides is 2. The number of nitrogens with zero attached hydrogens (tertiary/aromatic N) is 2. The fourth-order valence-corrected chi connectivity index (χ4v) is 3.69. The van der Waals surface area contributed by atoms with Crippen LogP contribution in [-0.4, -0.2) is 41.8 Å². The number of thiophene rings is 1. The van der Waals surface area contributed by atoms with Gasteiger partial charge in [0.1, 0.15) is 21.6 Å². The molecule has 0 saturated heterocycles. The molecule has 152 valence electrons. The van der Waals surface area contributed by atoms with Crippen molar-refractivity contribution in [3.63, 3.8) is 0 Å². The van der Waals surface area contributed by atoms with Crippen molar-refractivity contribution in [2.75, 3.05) is 19.5 Å². The summed E-state index contributed by atoms with van der Waals surface area (Å²) in [5, 5.41) is 6.40. The lowest BCUT2D eigenvalue weighted by Crippen LogP contribution is -2.25. The second kappa shape index (κ2) is 8.46. The van der Waals surface area contributed by atoms with Gasteiger partial charge in [-0.25, -0.2) is 18.4 Å². The highest BCUT2D eigenvalue weighted by molar-refractivity contribution is 7.18. The van der Waals surface area contributed by atoms with Gasteiger partial charge in [-0.1, -0.05) is 0 Å². The number of carbonyl (C=O) groups is 3. The number of aryl methyl sites for hydroxylation is 1. The standard InChI is InChI=1S/C17H19F2N3O5S/c1-7-6-10(13(18)19)21-22(7)9(3)14(23)20-15-11(16(24)26-4)8(2)12(28-15)17(25)27-5/h6,9,13H,1-5H3,(H,20,23). The van der Waals surface area contributed by atoms with Crippen molar-refractivity contribution >= 4 is 34.2 Å². The molecule has 0 aliphatic carbocycles. The van der Waals surface area contributed by atoms with Gasteiger partial charge in [0.2, 0.25) is 5.91 Å². The normalized spacial score (nSPS) is 12.0. The summed E-state index contributed by atoms with van der Waals surface area (Å²) in [6, 6.07) is 0.251. The Kier molecular flexibility index (Phi) is 6.49. The SMILES string of the molecule is COC(=O)c1sc(NC(=O)C(C)n2nc(C(F)F)cc2C)c(C(=O)OC)c1C. The number of amides is 1. The Bertz CT molecular complexity index is 922. The average molecular weight is 415 g/mol. The van der Waals surface area contributed by atoms with E-state index >= 15 is 0 Å². The van der Waals surface area contributed by atoms with Crippen LogP contribution in [0.3, 0.4) is 0 Å². The minimum Gasteiger partial charge on any atom is -0.465 e. The molecule has 2 aromatic rings. The predicted molar refractivity (Wildman–Crippen MR) is 97.0 cm³/mol. The van der Waals surface area contributed by atoms with Crippen LogP contribution in [0.5, 0.6) is 0 Å². The fourth-order valence-electron chi connectivity index (χ4n) is 2.58. The highest BCUT2D eigenvalue weighted by Gasteiger charge is 2.28. The zero-order chi connectivity index (χ0) is 21.2. The van der Waals surface area contributed by atoms with E-state index in [1.54, 1.807) is 6.92 Å². The van der Waals surface area contributed by atoms with Gasteiger partial charge in [-0.2, -0.15) is 5.10 Å². The van der Waals surface area contributed by atoms with Crippen LogP contribution < -0.4 is 5.32 Å². The third-order valence-corrected chi connectivity index (χ3v) is 5.24. The van der Waals surface area contributed by atoms with Crippen LogP contribution in [0.15, 0.2) is 6.07 Å². The third kappa shape index (κ3) is 4.03. The van der Waals surface area contributed by atoms with E-state index < -0.39 is 36.0 Å². The predicted octanol–water partition coefficient (Wildman–Crippen LogP) is 3.27. The van der Waals surface area contributed by atoms with E-state index in [1.807, 2.05) is 0 Å². The molecule has 0 fully saturated rings. The van der Waals surface area contributed by atoms with Gasteiger partial charge in [0.15, 0.2) is 0 Å². The van der Waals surface area contributed by atoms with E-state index in [1.165, 1.54) is 34.1 Å². The lowest BCUT2D eigenvalue weighted by atomic mass is 10.1. The van der Waals surface area contributed by atoms with Gasteiger partial charge >= 0.3 is 11.9 Å². The maximum absolute atomic E-state index is 12.8. The number of methoxy groups -OCH3 is 2. The molecule has 0 bridgehead atoms. The van der Waals surface area contributed by atoms with Crippen molar-refractivity contribution in [2.24, 2.45) is 0 Å². The maximum Gasteiger partial charge on any atom is 0.348 e. The Morgan fingerprint density at radius 2 is 1.79 bits per heavy atom. The topological polar surface area (TPSA) is 99.5 Å². The summed E-state index contributed by atoms with van der Waals surface area (Å²) in [6.45, 7) is 4.55. The molecule has 1 amide bonds.